The van der Waals surface area contributed by atoms with E-state index in [0.717, 1.165) is 6.42 Å². The van der Waals surface area contributed by atoms with Crippen LogP contribution >= 0.6 is 0 Å². The molecule has 1 aromatic heterocycles. The van der Waals surface area contributed by atoms with Crippen molar-refractivity contribution in [2.75, 3.05) is 13.1 Å². The molecule has 1 aromatic rings. The monoisotopic (exact) mass is 201 g/mol. The maximum absolute atomic E-state index is 11.7. The first kappa shape index (κ1) is 8.71. The van der Waals surface area contributed by atoms with Crippen LogP contribution in [0.2, 0.25) is 0 Å². The van der Waals surface area contributed by atoms with Crippen LogP contribution in [0.1, 0.15) is 6.42 Å². The molecule has 5 nitrogen and oxygen atoms in total. The first-order valence-electron chi connectivity index (χ1n) is 4.10. The fourth-order valence-corrected chi connectivity index (χ4v) is 2.66. The molecule has 0 radical (unpaired) electrons. The van der Waals surface area contributed by atoms with Crippen LogP contribution in [0.25, 0.3) is 0 Å². The van der Waals surface area contributed by atoms with Crippen molar-refractivity contribution in [1.82, 2.24) is 14.1 Å². The standard InChI is InChI=1S/C7H11N3O2S/c1-9-6-3-7(8-9)13(11,12)10-4-2-5-10/h3,6H,2,4-5H2,1H3. The summed E-state index contributed by atoms with van der Waals surface area (Å²) in [6.07, 6.45) is 2.58. The molecule has 0 atom stereocenters. The predicted molar refractivity (Wildman–Crippen MR) is 46.6 cm³/mol. The molecular formula is C7H11N3O2S. The molecule has 0 aromatic carbocycles. The second-order valence-electron chi connectivity index (χ2n) is 3.09. The van der Waals surface area contributed by atoms with Gasteiger partial charge in [0.1, 0.15) is 0 Å². The van der Waals surface area contributed by atoms with Crippen LogP contribution in [0.5, 0.6) is 0 Å². The summed E-state index contributed by atoms with van der Waals surface area (Å²) in [6.45, 7) is 1.25. The SMILES string of the molecule is Cn1ccc(S(=O)(=O)N2CCC2)n1. The van der Waals surface area contributed by atoms with Crippen LogP contribution in [0.15, 0.2) is 17.3 Å². The smallest absolute Gasteiger partial charge is 0.262 e. The molecule has 2 heterocycles. The number of aromatic nitrogens is 2. The summed E-state index contributed by atoms with van der Waals surface area (Å²) in [5.41, 5.74) is 0. The van der Waals surface area contributed by atoms with Gasteiger partial charge in [0.2, 0.25) is 0 Å². The first-order chi connectivity index (χ1) is 6.10. The minimum atomic E-state index is -3.28. The summed E-state index contributed by atoms with van der Waals surface area (Å²) >= 11 is 0. The predicted octanol–water partition coefficient (Wildman–Crippen LogP) is -0.185. The quantitative estimate of drug-likeness (QED) is 0.666. The Bertz CT molecular complexity index is 405. The molecule has 13 heavy (non-hydrogen) atoms. The molecule has 0 aliphatic carbocycles. The third-order valence-corrected chi connectivity index (χ3v) is 3.90. The van der Waals surface area contributed by atoms with Crippen LogP contribution in [-0.2, 0) is 17.1 Å². The summed E-state index contributed by atoms with van der Waals surface area (Å²) in [5.74, 6) is 0. The molecule has 6 heteroatoms. The van der Waals surface area contributed by atoms with Crippen molar-refractivity contribution >= 4 is 10.0 Å². The van der Waals surface area contributed by atoms with E-state index in [4.69, 9.17) is 0 Å². The van der Waals surface area contributed by atoms with Crippen LogP contribution in [0, 0.1) is 0 Å². The van der Waals surface area contributed by atoms with Crippen LogP contribution in [-0.4, -0.2) is 35.6 Å². The van der Waals surface area contributed by atoms with Gasteiger partial charge in [-0.3, -0.25) is 4.68 Å². The number of hydrogen-bond donors (Lipinski definition) is 0. The molecule has 0 amide bonds. The van der Waals surface area contributed by atoms with E-state index in [-0.39, 0.29) is 5.03 Å². The van der Waals surface area contributed by atoms with E-state index in [1.165, 1.54) is 15.1 Å². The van der Waals surface area contributed by atoms with Gasteiger partial charge in [0.05, 0.1) is 0 Å². The summed E-state index contributed by atoms with van der Waals surface area (Å²) < 4.78 is 26.3. The third-order valence-electron chi connectivity index (χ3n) is 2.11. The van der Waals surface area contributed by atoms with E-state index in [2.05, 4.69) is 5.10 Å². The van der Waals surface area contributed by atoms with Crippen molar-refractivity contribution in [3.63, 3.8) is 0 Å². The molecule has 1 fully saturated rings. The molecule has 1 saturated heterocycles. The lowest BCUT2D eigenvalue weighted by Gasteiger charge is -2.28. The third kappa shape index (κ3) is 1.36. The van der Waals surface area contributed by atoms with Gasteiger partial charge in [0, 0.05) is 26.3 Å². The van der Waals surface area contributed by atoms with Gasteiger partial charge in [-0.25, -0.2) is 8.42 Å². The maximum Gasteiger partial charge on any atom is 0.262 e. The van der Waals surface area contributed by atoms with Crippen molar-refractivity contribution < 1.29 is 8.42 Å². The Morgan fingerprint density at radius 2 is 2.15 bits per heavy atom. The minimum absolute atomic E-state index is 0.148. The molecule has 0 N–H and O–H groups in total. The summed E-state index contributed by atoms with van der Waals surface area (Å²) in [4.78, 5) is 0. The van der Waals surface area contributed by atoms with Crippen molar-refractivity contribution in [3.05, 3.63) is 12.3 Å². The highest BCUT2D eigenvalue weighted by Gasteiger charge is 2.30. The molecule has 0 unspecified atom stereocenters. The number of aryl methyl sites for hydroxylation is 1. The minimum Gasteiger partial charge on any atom is -0.274 e. The highest BCUT2D eigenvalue weighted by molar-refractivity contribution is 7.89. The Hall–Kier alpha value is -0.880. The largest absolute Gasteiger partial charge is 0.274 e. The first-order valence-corrected chi connectivity index (χ1v) is 5.54. The molecular weight excluding hydrogens is 190 g/mol. The summed E-state index contributed by atoms with van der Waals surface area (Å²) in [7, 11) is -1.58. The lowest BCUT2D eigenvalue weighted by molar-refractivity contribution is 0.308. The van der Waals surface area contributed by atoms with Gasteiger partial charge in [-0.15, -0.1) is 0 Å². The van der Waals surface area contributed by atoms with E-state index < -0.39 is 10.0 Å². The molecule has 1 aliphatic heterocycles. The Kier molecular flexibility index (Phi) is 1.88. The van der Waals surface area contributed by atoms with E-state index in [9.17, 15) is 8.42 Å². The normalized spacial score (nSPS) is 18.5. The van der Waals surface area contributed by atoms with Crippen LogP contribution < -0.4 is 0 Å². The Morgan fingerprint density at radius 1 is 1.46 bits per heavy atom. The molecule has 1 aliphatic rings. The van der Waals surface area contributed by atoms with E-state index >= 15 is 0 Å². The number of hydrogen-bond acceptors (Lipinski definition) is 3. The zero-order valence-corrected chi connectivity index (χ0v) is 8.16. The molecule has 0 saturated carbocycles. The molecule has 0 spiro atoms. The van der Waals surface area contributed by atoms with Crippen LogP contribution in [0.4, 0.5) is 0 Å². The zero-order chi connectivity index (χ0) is 9.47. The fraction of sp³-hybridized carbons (Fsp3) is 0.571. The van der Waals surface area contributed by atoms with Crippen molar-refractivity contribution in [2.45, 2.75) is 11.4 Å². The van der Waals surface area contributed by atoms with Crippen molar-refractivity contribution in [1.29, 1.82) is 0 Å². The topological polar surface area (TPSA) is 55.2 Å². The molecule has 2 rings (SSSR count). The van der Waals surface area contributed by atoms with Crippen molar-refractivity contribution in [2.24, 2.45) is 7.05 Å². The fourth-order valence-electron chi connectivity index (χ4n) is 1.19. The highest BCUT2D eigenvalue weighted by atomic mass is 32.2. The Morgan fingerprint density at radius 3 is 2.54 bits per heavy atom. The number of sulfonamides is 1. The van der Waals surface area contributed by atoms with Gasteiger partial charge in [0.25, 0.3) is 10.0 Å². The maximum atomic E-state index is 11.7. The zero-order valence-electron chi connectivity index (χ0n) is 7.34. The van der Waals surface area contributed by atoms with Gasteiger partial charge < -0.3 is 0 Å². The van der Waals surface area contributed by atoms with Gasteiger partial charge in [-0.2, -0.15) is 9.40 Å². The summed E-state index contributed by atoms with van der Waals surface area (Å²) in [5, 5.41) is 4.02. The average Bonchev–Trinajstić information content (AvgIpc) is 2.30. The van der Waals surface area contributed by atoms with E-state index in [1.807, 2.05) is 0 Å². The average molecular weight is 201 g/mol. The lowest BCUT2D eigenvalue weighted by atomic mass is 10.3. The van der Waals surface area contributed by atoms with E-state index in [1.54, 1.807) is 13.2 Å². The van der Waals surface area contributed by atoms with E-state index in [0.29, 0.717) is 13.1 Å². The second-order valence-corrected chi connectivity index (χ2v) is 4.97. The highest BCUT2D eigenvalue weighted by Crippen LogP contribution is 2.18. The number of nitrogens with zero attached hydrogens (tertiary/aromatic N) is 3. The molecule has 72 valence electrons. The van der Waals surface area contributed by atoms with Gasteiger partial charge in [0.15, 0.2) is 5.03 Å². The summed E-state index contributed by atoms with van der Waals surface area (Å²) in [6, 6.07) is 1.52. The Balaban J connectivity index is 2.34. The molecule has 0 bridgehead atoms. The van der Waals surface area contributed by atoms with Gasteiger partial charge >= 0.3 is 0 Å². The van der Waals surface area contributed by atoms with Gasteiger partial charge in [-0.05, 0) is 12.5 Å². The second kappa shape index (κ2) is 2.81. The Labute approximate surface area is 77.0 Å². The van der Waals surface area contributed by atoms with Gasteiger partial charge in [-0.1, -0.05) is 0 Å². The lowest BCUT2D eigenvalue weighted by Crippen LogP contribution is -2.42. The van der Waals surface area contributed by atoms with Crippen molar-refractivity contribution in [3.8, 4) is 0 Å². The number of rotatable bonds is 2. The van der Waals surface area contributed by atoms with Crippen LogP contribution in [0.3, 0.4) is 0 Å².